The molecule has 2 heterocycles. The fourth-order valence-corrected chi connectivity index (χ4v) is 3.50. The summed E-state index contributed by atoms with van der Waals surface area (Å²) in [5, 5.41) is 9.50. The van der Waals surface area contributed by atoms with E-state index >= 15 is 0 Å². The second-order valence-corrected chi connectivity index (χ2v) is 9.19. The highest BCUT2D eigenvalue weighted by Gasteiger charge is 2.20. The Bertz CT molecular complexity index is 1230. The fraction of sp³-hybridized carbons (Fsp3) is 0.269. The maximum absolute atomic E-state index is 11.6. The van der Waals surface area contributed by atoms with Crippen molar-refractivity contribution in [3.63, 3.8) is 0 Å². The molecular weight excluding hydrogens is 418 g/mol. The topological polar surface area (TPSA) is 88.7 Å². The second-order valence-electron chi connectivity index (χ2n) is 9.19. The summed E-state index contributed by atoms with van der Waals surface area (Å²) in [6.07, 6.45) is 2.51. The van der Waals surface area contributed by atoms with Crippen LogP contribution in [0, 0.1) is 5.41 Å². The lowest BCUT2D eigenvalue weighted by Crippen LogP contribution is -2.36. The van der Waals surface area contributed by atoms with Crippen molar-refractivity contribution in [3.05, 3.63) is 78.1 Å². The summed E-state index contributed by atoms with van der Waals surface area (Å²) in [5.74, 6) is 1.22. The molecule has 2 aromatic carbocycles. The molecule has 0 unspecified atom stereocenters. The molecule has 0 saturated heterocycles. The number of fused-ring (bicyclic) bond motifs is 1. The number of nitrogens with zero attached hydrogens (tertiary/aromatic N) is 3. The van der Waals surface area contributed by atoms with E-state index in [1.165, 1.54) is 4.90 Å². The Balaban J connectivity index is 1.39. The van der Waals surface area contributed by atoms with Crippen LogP contribution < -0.4 is 4.74 Å². The highest BCUT2D eigenvalue weighted by molar-refractivity contribution is 5.77. The van der Waals surface area contributed by atoms with E-state index in [-0.39, 0.29) is 5.41 Å². The van der Waals surface area contributed by atoms with Crippen molar-refractivity contribution in [2.24, 2.45) is 5.41 Å². The van der Waals surface area contributed by atoms with Gasteiger partial charge in [-0.05, 0) is 40.8 Å². The Labute approximate surface area is 192 Å². The van der Waals surface area contributed by atoms with Crippen LogP contribution in [0.5, 0.6) is 5.75 Å². The molecule has 0 aliphatic heterocycles. The van der Waals surface area contributed by atoms with Crippen molar-refractivity contribution in [3.8, 4) is 17.2 Å². The van der Waals surface area contributed by atoms with Crippen molar-refractivity contribution in [1.29, 1.82) is 0 Å². The molecule has 0 aliphatic carbocycles. The van der Waals surface area contributed by atoms with Gasteiger partial charge in [0, 0.05) is 31.5 Å². The van der Waals surface area contributed by atoms with Gasteiger partial charge in [-0.25, -0.2) is 9.78 Å². The number of pyridine rings is 1. The van der Waals surface area contributed by atoms with Gasteiger partial charge in [-0.2, -0.15) is 0 Å². The van der Waals surface area contributed by atoms with Gasteiger partial charge in [0.05, 0.1) is 5.56 Å². The highest BCUT2D eigenvalue weighted by atomic mass is 16.5. The van der Waals surface area contributed by atoms with Crippen molar-refractivity contribution >= 4 is 17.2 Å². The van der Waals surface area contributed by atoms with Gasteiger partial charge in [-0.15, -0.1) is 0 Å². The molecule has 4 rings (SSSR count). The van der Waals surface area contributed by atoms with Gasteiger partial charge >= 0.3 is 6.09 Å². The van der Waals surface area contributed by atoms with Gasteiger partial charge in [0.2, 0.25) is 5.89 Å². The first kappa shape index (κ1) is 22.3. The largest absolute Gasteiger partial charge is 0.489 e. The number of carbonyl (C=O) groups is 1. The maximum atomic E-state index is 11.6. The molecule has 0 aliphatic rings. The average molecular weight is 446 g/mol. The SMILES string of the molecule is CC(C)(C)CN(Cc1ccc(COc2ccc3oc(-c4cccnc4)nc3c2)cc1)C(=O)O. The number of oxazole rings is 1. The van der Waals surface area contributed by atoms with Crippen LogP contribution in [0.25, 0.3) is 22.6 Å². The first-order chi connectivity index (χ1) is 15.8. The zero-order chi connectivity index (χ0) is 23.4. The van der Waals surface area contributed by atoms with Gasteiger partial charge in [0.15, 0.2) is 5.58 Å². The van der Waals surface area contributed by atoms with Crippen molar-refractivity contribution in [2.75, 3.05) is 6.54 Å². The molecular formula is C26H27N3O4. The first-order valence-corrected chi connectivity index (χ1v) is 10.8. The summed E-state index contributed by atoms with van der Waals surface area (Å²) >= 11 is 0. The molecule has 4 aromatic rings. The van der Waals surface area contributed by atoms with Crippen LogP contribution in [0.15, 0.2) is 71.4 Å². The molecule has 7 nitrogen and oxygen atoms in total. The predicted molar refractivity (Wildman–Crippen MR) is 126 cm³/mol. The minimum Gasteiger partial charge on any atom is -0.489 e. The molecule has 0 spiro atoms. The molecule has 170 valence electrons. The van der Waals surface area contributed by atoms with E-state index in [1.54, 1.807) is 12.4 Å². The molecule has 0 fully saturated rings. The molecule has 7 heteroatoms. The third kappa shape index (κ3) is 5.88. The number of rotatable bonds is 7. The van der Waals surface area contributed by atoms with Crippen molar-refractivity contribution in [2.45, 2.75) is 33.9 Å². The summed E-state index contributed by atoms with van der Waals surface area (Å²) < 4.78 is 11.8. The minimum atomic E-state index is -0.910. The molecule has 0 radical (unpaired) electrons. The van der Waals surface area contributed by atoms with E-state index < -0.39 is 6.09 Å². The maximum Gasteiger partial charge on any atom is 0.407 e. The molecule has 2 aromatic heterocycles. The normalized spacial score (nSPS) is 11.5. The summed E-state index contributed by atoms with van der Waals surface area (Å²) in [5.41, 5.74) is 4.05. The van der Waals surface area contributed by atoms with E-state index in [4.69, 9.17) is 9.15 Å². The van der Waals surface area contributed by atoms with E-state index in [1.807, 2.05) is 75.4 Å². The van der Waals surface area contributed by atoms with Crippen LogP contribution in [-0.2, 0) is 13.2 Å². The first-order valence-electron chi connectivity index (χ1n) is 10.8. The van der Waals surface area contributed by atoms with Gasteiger partial charge < -0.3 is 19.2 Å². The predicted octanol–water partition coefficient (Wildman–Crippen LogP) is 5.99. The standard InChI is InChI=1S/C26H27N3O4/c1-26(2,3)17-29(25(30)31)15-18-6-8-19(9-7-18)16-32-21-10-11-23-22(13-21)28-24(33-23)20-5-4-12-27-14-20/h4-14H,15-17H2,1-3H3,(H,30,31). The molecule has 33 heavy (non-hydrogen) atoms. The van der Waals surface area contributed by atoms with Crippen LogP contribution in [0.1, 0.15) is 31.9 Å². The molecule has 1 N–H and O–H groups in total. The lowest BCUT2D eigenvalue weighted by molar-refractivity contribution is 0.123. The summed E-state index contributed by atoms with van der Waals surface area (Å²) in [7, 11) is 0. The van der Waals surface area contributed by atoms with Gasteiger partial charge in [0.25, 0.3) is 0 Å². The van der Waals surface area contributed by atoms with E-state index in [0.29, 0.717) is 42.4 Å². The minimum absolute atomic E-state index is 0.101. The summed E-state index contributed by atoms with van der Waals surface area (Å²) in [4.78, 5) is 21.7. The number of aromatic nitrogens is 2. The molecule has 0 saturated carbocycles. The van der Waals surface area contributed by atoms with Crippen molar-refractivity contribution < 1.29 is 19.1 Å². The van der Waals surface area contributed by atoms with Gasteiger partial charge in [0.1, 0.15) is 17.9 Å². The number of carboxylic acid groups (broad SMARTS) is 1. The lowest BCUT2D eigenvalue weighted by atomic mass is 9.96. The number of ether oxygens (including phenoxy) is 1. The number of hydrogen-bond donors (Lipinski definition) is 1. The number of amides is 1. The lowest BCUT2D eigenvalue weighted by Gasteiger charge is -2.27. The summed E-state index contributed by atoms with van der Waals surface area (Å²) in [6, 6.07) is 17.1. The number of benzene rings is 2. The monoisotopic (exact) mass is 445 g/mol. The Hall–Kier alpha value is -3.87. The Morgan fingerprint density at radius 1 is 1.09 bits per heavy atom. The summed E-state index contributed by atoms with van der Waals surface area (Å²) in [6.45, 7) is 7.30. The van der Waals surface area contributed by atoms with Crippen LogP contribution in [0.3, 0.4) is 0 Å². The zero-order valence-electron chi connectivity index (χ0n) is 19.0. The third-order valence-electron chi connectivity index (χ3n) is 5.01. The Morgan fingerprint density at radius 3 is 2.52 bits per heavy atom. The van der Waals surface area contributed by atoms with Crippen LogP contribution in [-0.4, -0.2) is 32.6 Å². The zero-order valence-corrected chi connectivity index (χ0v) is 19.0. The fourth-order valence-electron chi connectivity index (χ4n) is 3.50. The average Bonchev–Trinajstić information content (AvgIpc) is 3.21. The second kappa shape index (κ2) is 9.32. The third-order valence-corrected chi connectivity index (χ3v) is 5.01. The van der Waals surface area contributed by atoms with Crippen LogP contribution in [0.4, 0.5) is 4.79 Å². The van der Waals surface area contributed by atoms with Gasteiger partial charge in [-0.1, -0.05) is 45.0 Å². The Kier molecular flexibility index (Phi) is 6.31. The van der Waals surface area contributed by atoms with Crippen molar-refractivity contribution in [1.82, 2.24) is 14.9 Å². The Morgan fingerprint density at radius 2 is 1.85 bits per heavy atom. The van der Waals surface area contributed by atoms with E-state index in [0.717, 1.165) is 16.7 Å². The highest BCUT2D eigenvalue weighted by Crippen LogP contribution is 2.27. The van der Waals surface area contributed by atoms with Crippen LogP contribution >= 0.6 is 0 Å². The van der Waals surface area contributed by atoms with Gasteiger partial charge in [-0.3, -0.25) is 4.98 Å². The van der Waals surface area contributed by atoms with Crippen LogP contribution in [0.2, 0.25) is 0 Å². The van der Waals surface area contributed by atoms with E-state index in [9.17, 15) is 9.90 Å². The molecule has 0 atom stereocenters. The smallest absolute Gasteiger partial charge is 0.407 e. The molecule has 0 bridgehead atoms. The van der Waals surface area contributed by atoms with E-state index in [2.05, 4.69) is 9.97 Å². The quantitative estimate of drug-likeness (QED) is 0.376. The molecule has 1 amide bonds. The number of hydrogen-bond acceptors (Lipinski definition) is 5.